The Morgan fingerprint density at radius 3 is 2.26 bits per heavy atom. The zero-order valence-electron chi connectivity index (χ0n) is 19.5. The highest BCUT2D eigenvalue weighted by Crippen LogP contribution is 2.38. The van der Waals surface area contributed by atoms with Gasteiger partial charge in [0.15, 0.2) is 11.6 Å². The van der Waals surface area contributed by atoms with Crippen LogP contribution in [0.2, 0.25) is 0 Å². The zero-order chi connectivity index (χ0) is 24.2. The van der Waals surface area contributed by atoms with E-state index in [9.17, 15) is 13.6 Å². The topological polar surface area (TPSA) is 26.3 Å². The third kappa shape index (κ3) is 5.19. The van der Waals surface area contributed by atoms with Gasteiger partial charge in [-0.25, -0.2) is 18.0 Å². The zero-order valence-corrected chi connectivity index (χ0v) is 19.5. The molecule has 0 heterocycles. The van der Waals surface area contributed by atoms with Crippen LogP contribution in [-0.2, 0) is 11.2 Å². The Kier molecular flexibility index (Phi) is 7.40. The minimum Gasteiger partial charge on any atom is -0.459 e. The van der Waals surface area contributed by atoms with Crippen LogP contribution >= 0.6 is 0 Å². The molecule has 0 bridgehead atoms. The first-order chi connectivity index (χ1) is 16.4. The lowest BCUT2D eigenvalue weighted by Gasteiger charge is -2.29. The number of hydrogen-bond acceptors (Lipinski definition) is 2. The van der Waals surface area contributed by atoms with E-state index < -0.39 is 23.4 Å². The first-order valence-corrected chi connectivity index (χ1v) is 11.9. The molecule has 1 aliphatic rings. The van der Waals surface area contributed by atoms with E-state index in [1.165, 1.54) is 11.6 Å². The van der Waals surface area contributed by atoms with Crippen LogP contribution in [0, 0.1) is 24.4 Å². The van der Waals surface area contributed by atoms with Crippen LogP contribution in [0.25, 0.3) is 11.1 Å². The van der Waals surface area contributed by atoms with Crippen LogP contribution in [0.3, 0.4) is 0 Å². The number of rotatable bonds is 6. The quantitative estimate of drug-likeness (QED) is 0.345. The maximum Gasteiger partial charge on any atom is 0.338 e. The molecule has 3 aromatic carbocycles. The molecule has 0 atom stereocenters. The molecule has 3 aromatic rings. The Balaban J connectivity index is 1.40. The van der Waals surface area contributed by atoms with Crippen molar-refractivity contribution in [2.24, 2.45) is 0 Å². The first kappa shape index (κ1) is 24.1. The fraction of sp³-hybridized carbons (Fsp3) is 0.345. The molecule has 0 radical (unpaired) electrons. The van der Waals surface area contributed by atoms with Gasteiger partial charge in [0.1, 0.15) is 11.9 Å². The maximum absolute atomic E-state index is 15.0. The average molecular weight is 467 g/mol. The van der Waals surface area contributed by atoms with Gasteiger partial charge in [-0.05, 0) is 79.3 Å². The number of benzene rings is 3. The van der Waals surface area contributed by atoms with Gasteiger partial charge in [0.25, 0.3) is 0 Å². The Bertz CT molecular complexity index is 1160. The Morgan fingerprint density at radius 1 is 0.912 bits per heavy atom. The highest BCUT2D eigenvalue weighted by molar-refractivity contribution is 5.89. The average Bonchev–Trinajstić information content (AvgIpc) is 2.84. The van der Waals surface area contributed by atoms with Crippen molar-refractivity contribution < 1.29 is 22.7 Å². The van der Waals surface area contributed by atoms with Crippen molar-refractivity contribution in [1.82, 2.24) is 0 Å². The molecule has 0 unspecified atom stereocenters. The lowest BCUT2D eigenvalue weighted by molar-refractivity contribution is 0.0193. The second-order valence-electron chi connectivity index (χ2n) is 9.12. The number of carbonyl (C=O) groups excluding carboxylic acids is 1. The van der Waals surface area contributed by atoms with E-state index in [2.05, 4.69) is 6.92 Å². The molecule has 0 amide bonds. The van der Waals surface area contributed by atoms with E-state index in [0.29, 0.717) is 42.4 Å². The van der Waals surface area contributed by atoms with Gasteiger partial charge >= 0.3 is 5.97 Å². The molecule has 0 spiro atoms. The summed E-state index contributed by atoms with van der Waals surface area (Å²) in [5.74, 6) is -2.77. The van der Waals surface area contributed by atoms with E-state index in [0.717, 1.165) is 12.8 Å². The van der Waals surface area contributed by atoms with Crippen molar-refractivity contribution in [3.05, 3.63) is 94.3 Å². The maximum atomic E-state index is 15.0. The molecule has 2 nitrogen and oxygen atoms in total. The molecule has 0 saturated heterocycles. The van der Waals surface area contributed by atoms with Crippen molar-refractivity contribution in [3.8, 4) is 11.1 Å². The van der Waals surface area contributed by atoms with Crippen LogP contribution in [0.15, 0.2) is 54.6 Å². The van der Waals surface area contributed by atoms with Gasteiger partial charge in [-0.1, -0.05) is 55.8 Å². The van der Waals surface area contributed by atoms with Crippen molar-refractivity contribution in [3.63, 3.8) is 0 Å². The van der Waals surface area contributed by atoms with Crippen LogP contribution in [-0.4, -0.2) is 12.1 Å². The molecule has 4 rings (SSSR count). The van der Waals surface area contributed by atoms with Crippen LogP contribution in [0.4, 0.5) is 13.2 Å². The molecule has 0 N–H and O–H groups in total. The van der Waals surface area contributed by atoms with Gasteiger partial charge in [-0.2, -0.15) is 0 Å². The Morgan fingerprint density at radius 2 is 1.62 bits per heavy atom. The van der Waals surface area contributed by atoms with Gasteiger partial charge < -0.3 is 4.74 Å². The molecular formula is C29H29F3O2. The highest BCUT2D eigenvalue weighted by atomic mass is 19.2. The molecule has 34 heavy (non-hydrogen) atoms. The largest absolute Gasteiger partial charge is 0.459 e. The molecule has 5 heteroatoms. The molecule has 0 aromatic heterocycles. The minimum absolute atomic E-state index is 0.137. The van der Waals surface area contributed by atoms with Gasteiger partial charge in [0.05, 0.1) is 5.56 Å². The summed E-state index contributed by atoms with van der Waals surface area (Å²) in [6, 6.07) is 15.2. The number of halogens is 3. The van der Waals surface area contributed by atoms with E-state index >= 15 is 4.39 Å². The van der Waals surface area contributed by atoms with Gasteiger partial charge in [-0.15, -0.1) is 0 Å². The van der Waals surface area contributed by atoms with Crippen molar-refractivity contribution >= 4 is 5.97 Å². The summed E-state index contributed by atoms with van der Waals surface area (Å²) < 4.78 is 49.3. The van der Waals surface area contributed by atoms with Crippen molar-refractivity contribution in [2.75, 3.05) is 0 Å². The number of aryl methyl sites for hydroxylation is 2. The smallest absolute Gasteiger partial charge is 0.338 e. The molecule has 0 aliphatic heterocycles. The van der Waals surface area contributed by atoms with E-state index in [1.807, 2.05) is 24.3 Å². The van der Waals surface area contributed by atoms with E-state index in [1.54, 1.807) is 31.2 Å². The summed E-state index contributed by atoms with van der Waals surface area (Å²) in [6.45, 7) is 3.73. The molecule has 178 valence electrons. The third-order valence-corrected chi connectivity index (χ3v) is 6.71. The summed E-state index contributed by atoms with van der Waals surface area (Å²) >= 11 is 0. The summed E-state index contributed by atoms with van der Waals surface area (Å²) in [7, 11) is 0. The Hall–Kier alpha value is -3.08. The lowest BCUT2D eigenvalue weighted by Crippen LogP contribution is -2.24. The second kappa shape index (κ2) is 10.5. The summed E-state index contributed by atoms with van der Waals surface area (Å²) in [5, 5.41) is 0. The fourth-order valence-electron chi connectivity index (χ4n) is 4.67. The van der Waals surface area contributed by atoms with Crippen molar-refractivity contribution in [1.29, 1.82) is 0 Å². The normalized spacial score (nSPS) is 18.0. The van der Waals surface area contributed by atoms with Gasteiger partial charge in [-0.3, -0.25) is 0 Å². The van der Waals surface area contributed by atoms with Crippen molar-refractivity contribution in [2.45, 2.75) is 64.4 Å². The second-order valence-corrected chi connectivity index (χ2v) is 9.12. The Labute approximate surface area is 198 Å². The van der Waals surface area contributed by atoms with Crippen LogP contribution < -0.4 is 0 Å². The van der Waals surface area contributed by atoms with Crippen LogP contribution in [0.5, 0.6) is 0 Å². The summed E-state index contributed by atoms with van der Waals surface area (Å²) in [6.07, 6.45) is 3.93. The minimum atomic E-state index is -0.823. The fourth-order valence-corrected chi connectivity index (χ4v) is 4.67. The lowest BCUT2D eigenvalue weighted by atomic mass is 9.82. The predicted octanol–water partition coefficient (Wildman–Crippen LogP) is 7.92. The van der Waals surface area contributed by atoms with Crippen LogP contribution in [0.1, 0.15) is 72.0 Å². The number of ether oxygens (including phenoxy) is 1. The number of hydrogen-bond donors (Lipinski definition) is 0. The molecule has 1 aliphatic carbocycles. The highest BCUT2D eigenvalue weighted by Gasteiger charge is 2.28. The summed E-state index contributed by atoms with van der Waals surface area (Å²) in [4.78, 5) is 12.4. The van der Waals surface area contributed by atoms with E-state index in [4.69, 9.17) is 4.74 Å². The molecular weight excluding hydrogens is 437 g/mol. The molecule has 1 fully saturated rings. The van der Waals surface area contributed by atoms with Gasteiger partial charge in [0.2, 0.25) is 0 Å². The monoisotopic (exact) mass is 466 g/mol. The summed E-state index contributed by atoms with van der Waals surface area (Å²) in [5.41, 5.74) is 3.11. The van der Waals surface area contributed by atoms with E-state index in [-0.39, 0.29) is 23.1 Å². The third-order valence-electron chi connectivity index (χ3n) is 6.71. The number of esters is 1. The predicted molar refractivity (Wildman–Crippen MR) is 127 cm³/mol. The SMILES string of the molecule is CCCc1ccc(-c2ccc(C3CCC(OC(=O)c4ccc(C)c(F)c4)CC3)c(F)c2F)cc1. The molecule has 1 saturated carbocycles. The first-order valence-electron chi connectivity index (χ1n) is 11.9. The number of carbonyl (C=O) groups is 1. The van der Waals surface area contributed by atoms with Gasteiger partial charge in [0, 0.05) is 5.56 Å². The standard InChI is InChI=1S/C29H29F3O2/c1-3-4-19-6-9-20(10-7-19)24-15-16-25(28(32)27(24)31)21-11-13-23(14-12-21)34-29(33)22-8-5-18(2)26(30)17-22/h5-10,15-17,21,23H,3-4,11-14H2,1-2H3.